The van der Waals surface area contributed by atoms with E-state index in [1.807, 2.05) is 6.92 Å². The van der Waals surface area contributed by atoms with Crippen molar-refractivity contribution in [2.75, 3.05) is 13.2 Å². The summed E-state index contributed by atoms with van der Waals surface area (Å²) in [6.45, 7) is 2.59. The van der Waals surface area contributed by atoms with E-state index in [0.717, 1.165) is 0 Å². The van der Waals surface area contributed by atoms with Gasteiger partial charge in [0.1, 0.15) is 0 Å². The third kappa shape index (κ3) is 6.59. The Hall–Kier alpha value is -3.06. The molecule has 0 aliphatic rings. The van der Waals surface area contributed by atoms with Gasteiger partial charge in [0.15, 0.2) is 11.5 Å². The summed E-state index contributed by atoms with van der Waals surface area (Å²) >= 11 is 5.96. The van der Waals surface area contributed by atoms with Gasteiger partial charge in [0.25, 0.3) is 5.91 Å². The summed E-state index contributed by atoms with van der Waals surface area (Å²) in [5.41, 5.74) is 3.50. The number of nitrogens with zero attached hydrogens (tertiary/aromatic N) is 1. The van der Waals surface area contributed by atoms with E-state index >= 15 is 0 Å². The number of phenolic OH excluding ortho intramolecular Hbond substituents is 1. The number of hydrogen-bond acceptors (Lipinski definition) is 5. The summed E-state index contributed by atoms with van der Waals surface area (Å²) < 4.78 is 5.29. The van der Waals surface area contributed by atoms with Gasteiger partial charge in [-0.3, -0.25) is 9.59 Å². The maximum atomic E-state index is 12.0. The molecule has 0 fully saturated rings. The average molecular weight is 404 g/mol. The Balaban J connectivity index is 1.71. The van der Waals surface area contributed by atoms with Gasteiger partial charge in [-0.2, -0.15) is 5.10 Å². The maximum absolute atomic E-state index is 12.0. The Morgan fingerprint density at radius 2 is 2.04 bits per heavy atom. The normalized spacial score (nSPS) is 10.6. The zero-order chi connectivity index (χ0) is 20.4. The summed E-state index contributed by atoms with van der Waals surface area (Å²) in [6.07, 6.45) is 2.13. The Labute approximate surface area is 168 Å². The molecule has 0 spiro atoms. The highest BCUT2D eigenvalue weighted by Crippen LogP contribution is 2.26. The van der Waals surface area contributed by atoms with Gasteiger partial charge in [0.05, 0.1) is 23.4 Å². The summed E-state index contributed by atoms with van der Waals surface area (Å²) in [7, 11) is 0. The second-order valence-corrected chi connectivity index (χ2v) is 6.20. The van der Waals surface area contributed by atoms with E-state index < -0.39 is 0 Å². The maximum Gasteiger partial charge on any atom is 0.252 e. The van der Waals surface area contributed by atoms with E-state index in [-0.39, 0.29) is 24.0 Å². The van der Waals surface area contributed by atoms with Crippen molar-refractivity contribution in [1.82, 2.24) is 10.7 Å². The fourth-order valence-electron chi connectivity index (χ4n) is 2.31. The van der Waals surface area contributed by atoms with E-state index in [4.69, 9.17) is 16.3 Å². The van der Waals surface area contributed by atoms with Crippen molar-refractivity contribution in [2.45, 2.75) is 19.8 Å². The second-order valence-electron chi connectivity index (χ2n) is 5.79. The minimum Gasteiger partial charge on any atom is -0.504 e. The molecule has 0 aliphatic heterocycles. The molecule has 0 atom stereocenters. The molecule has 8 heteroatoms. The largest absolute Gasteiger partial charge is 0.504 e. The molecule has 0 bridgehead atoms. The van der Waals surface area contributed by atoms with Crippen LogP contribution in [0.25, 0.3) is 0 Å². The monoisotopic (exact) mass is 403 g/mol. The zero-order valence-electron chi connectivity index (χ0n) is 15.4. The van der Waals surface area contributed by atoms with Crippen LogP contribution in [0.2, 0.25) is 5.02 Å². The Morgan fingerprint density at radius 1 is 1.25 bits per heavy atom. The third-order valence-corrected chi connectivity index (χ3v) is 4.00. The molecule has 3 N–H and O–H groups in total. The Kier molecular flexibility index (Phi) is 8.30. The van der Waals surface area contributed by atoms with Crippen LogP contribution < -0.4 is 15.5 Å². The Morgan fingerprint density at radius 3 is 2.79 bits per heavy atom. The molecular weight excluding hydrogens is 382 g/mol. The molecule has 0 heterocycles. The van der Waals surface area contributed by atoms with Crippen LogP contribution in [-0.4, -0.2) is 36.3 Å². The first kappa shape index (κ1) is 21.2. The summed E-state index contributed by atoms with van der Waals surface area (Å²) in [4.78, 5) is 23.8. The predicted molar refractivity (Wildman–Crippen MR) is 108 cm³/mol. The van der Waals surface area contributed by atoms with Gasteiger partial charge in [-0.05, 0) is 49.2 Å². The summed E-state index contributed by atoms with van der Waals surface area (Å²) in [6, 6.07) is 11.5. The van der Waals surface area contributed by atoms with Crippen molar-refractivity contribution >= 4 is 29.6 Å². The van der Waals surface area contributed by atoms with E-state index in [0.29, 0.717) is 41.5 Å². The number of hydrazone groups is 1. The molecule has 0 unspecified atom stereocenters. The number of amides is 2. The molecule has 0 aromatic heterocycles. The van der Waals surface area contributed by atoms with Gasteiger partial charge in [-0.15, -0.1) is 0 Å². The lowest BCUT2D eigenvalue weighted by Gasteiger charge is -2.06. The van der Waals surface area contributed by atoms with Crippen LogP contribution in [0, 0.1) is 0 Å². The highest BCUT2D eigenvalue weighted by molar-refractivity contribution is 6.33. The SMILES string of the molecule is CCOc1cc(C=NNC(=O)CCCNC(=O)c2ccccc2Cl)ccc1O. The van der Waals surface area contributed by atoms with Crippen LogP contribution in [0.3, 0.4) is 0 Å². The number of phenols is 1. The summed E-state index contributed by atoms with van der Waals surface area (Å²) in [5.74, 6) is -0.151. The minimum atomic E-state index is -0.276. The highest BCUT2D eigenvalue weighted by atomic mass is 35.5. The first-order valence-corrected chi connectivity index (χ1v) is 9.19. The molecule has 0 saturated carbocycles. The van der Waals surface area contributed by atoms with Gasteiger partial charge >= 0.3 is 0 Å². The average Bonchev–Trinajstić information content (AvgIpc) is 2.68. The van der Waals surface area contributed by atoms with Gasteiger partial charge < -0.3 is 15.2 Å². The molecule has 0 saturated heterocycles. The molecule has 7 nitrogen and oxygen atoms in total. The molecule has 0 radical (unpaired) electrons. The third-order valence-electron chi connectivity index (χ3n) is 3.67. The van der Waals surface area contributed by atoms with Crippen molar-refractivity contribution in [2.24, 2.45) is 5.10 Å². The van der Waals surface area contributed by atoms with E-state index in [9.17, 15) is 14.7 Å². The lowest BCUT2D eigenvalue weighted by Crippen LogP contribution is -2.26. The number of benzene rings is 2. The van der Waals surface area contributed by atoms with Crippen LogP contribution in [0.15, 0.2) is 47.6 Å². The first-order valence-electron chi connectivity index (χ1n) is 8.81. The van der Waals surface area contributed by atoms with Gasteiger partial charge in [-0.1, -0.05) is 23.7 Å². The lowest BCUT2D eigenvalue weighted by molar-refractivity contribution is -0.121. The predicted octanol–water partition coefficient (Wildman–Crippen LogP) is 3.10. The number of aromatic hydroxyl groups is 1. The lowest BCUT2D eigenvalue weighted by atomic mass is 10.2. The fraction of sp³-hybridized carbons (Fsp3) is 0.250. The number of carbonyl (C=O) groups is 2. The smallest absolute Gasteiger partial charge is 0.252 e. The standard InChI is InChI=1S/C20H22ClN3O4/c1-2-28-18-12-14(9-10-17(18)25)13-23-24-19(26)8-5-11-22-20(27)15-6-3-4-7-16(15)21/h3-4,6-7,9-10,12-13,25H,2,5,8,11H2,1H3,(H,22,27)(H,24,26). The van der Waals surface area contributed by atoms with Crippen molar-refractivity contribution < 1.29 is 19.4 Å². The van der Waals surface area contributed by atoms with Crippen LogP contribution in [-0.2, 0) is 4.79 Å². The van der Waals surface area contributed by atoms with Crippen LogP contribution in [0.4, 0.5) is 0 Å². The van der Waals surface area contributed by atoms with Crippen LogP contribution in [0.1, 0.15) is 35.7 Å². The number of nitrogens with one attached hydrogen (secondary N) is 2. The number of hydrogen-bond donors (Lipinski definition) is 3. The van der Waals surface area contributed by atoms with E-state index in [1.54, 1.807) is 36.4 Å². The number of halogens is 1. The summed E-state index contributed by atoms with van der Waals surface area (Å²) in [5, 5.41) is 16.6. The first-order chi connectivity index (χ1) is 13.5. The van der Waals surface area contributed by atoms with Crippen molar-refractivity contribution in [3.8, 4) is 11.5 Å². The van der Waals surface area contributed by atoms with Crippen molar-refractivity contribution in [3.63, 3.8) is 0 Å². The molecule has 2 rings (SSSR count). The molecule has 28 heavy (non-hydrogen) atoms. The zero-order valence-corrected chi connectivity index (χ0v) is 16.2. The molecule has 148 valence electrons. The van der Waals surface area contributed by atoms with Gasteiger partial charge in [0.2, 0.25) is 5.91 Å². The van der Waals surface area contributed by atoms with Crippen molar-refractivity contribution in [3.05, 3.63) is 58.6 Å². The molecule has 2 aromatic rings. The van der Waals surface area contributed by atoms with Crippen LogP contribution >= 0.6 is 11.6 Å². The second kappa shape index (κ2) is 10.9. The van der Waals surface area contributed by atoms with Gasteiger partial charge in [-0.25, -0.2) is 5.43 Å². The highest BCUT2D eigenvalue weighted by Gasteiger charge is 2.09. The quantitative estimate of drug-likeness (QED) is 0.340. The molecule has 0 aliphatic carbocycles. The topological polar surface area (TPSA) is 100 Å². The van der Waals surface area contributed by atoms with Gasteiger partial charge in [0, 0.05) is 13.0 Å². The van der Waals surface area contributed by atoms with Crippen molar-refractivity contribution in [1.29, 1.82) is 0 Å². The number of rotatable bonds is 9. The van der Waals surface area contributed by atoms with Crippen LogP contribution in [0.5, 0.6) is 11.5 Å². The van der Waals surface area contributed by atoms with E-state index in [1.165, 1.54) is 12.3 Å². The molecule has 2 amide bonds. The fourth-order valence-corrected chi connectivity index (χ4v) is 2.53. The Bertz CT molecular complexity index is 855. The molecular formula is C20H22ClN3O4. The number of ether oxygens (including phenoxy) is 1. The molecule has 2 aromatic carbocycles. The van der Waals surface area contributed by atoms with E-state index in [2.05, 4.69) is 15.8 Å². The number of carbonyl (C=O) groups excluding carboxylic acids is 2. The minimum absolute atomic E-state index is 0.0434.